The van der Waals surface area contributed by atoms with Gasteiger partial charge in [0.05, 0.1) is 6.54 Å². The summed E-state index contributed by atoms with van der Waals surface area (Å²) in [5, 5.41) is 3.84. The first-order valence-corrected chi connectivity index (χ1v) is 8.60. The first kappa shape index (κ1) is 16.7. The van der Waals surface area contributed by atoms with Crippen LogP contribution in [-0.2, 0) is 13.0 Å². The predicted molar refractivity (Wildman–Crippen MR) is 97.5 cm³/mol. The third kappa shape index (κ3) is 4.05. The van der Waals surface area contributed by atoms with Crippen LogP contribution in [0.3, 0.4) is 0 Å². The molecule has 1 aromatic heterocycles. The van der Waals surface area contributed by atoms with Crippen molar-refractivity contribution in [1.82, 2.24) is 0 Å². The number of quaternary nitrogens is 1. The second kappa shape index (κ2) is 7.65. The Balaban J connectivity index is 1.64. The van der Waals surface area contributed by atoms with Crippen molar-refractivity contribution in [3.63, 3.8) is 0 Å². The minimum absolute atomic E-state index is 0.308. The largest absolute Gasteiger partial charge is 0.423 e. The third-order valence-electron chi connectivity index (χ3n) is 4.19. The van der Waals surface area contributed by atoms with Gasteiger partial charge in [-0.15, -0.1) is 0 Å². The summed E-state index contributed by atoms with van der Waals surface area (Å²) in [6.07, 6.45) is 2.17. The standard InChI is InChI=1S/C20H20ClNO2/c1-14-10-19-17(12-18(14)21)16(11-20(23)24-19)13-22-9-5-8-15-6-3-2-4-7-15/h2-4,6-7,10-12,22H,5,8-9,13H2,1H3/p+1. The average Bonchev–Trinajstić information content (AvgIpc) is 2.57. The zero-order valence-electron chi connectivity index (χ0n) is 13.7. The summed E-state index contributed by atoms with van der Waals surface area (Å²) in [5.41, 5.74) is 3.55. The van der Waals surface area contributed by atoms with E-state index in [2.05, 4.69) is 29.6 Å². The van der Waals surface area contributed by atoms with Gasteiger partial charge in [-0.05, 0) is 36.6 Å². The smallest absolute Gasteiger partial charge is 0.336 e. The van der Waals surface area contributed by atoms with Gasteiger partial charge in [-0.3, -0.25) is 0 Å². The first-order chi connectivity index (χ1) is 11.6. The number of hydrogen-bond acceptors (Lipinski definition) is 2. The summed E-state index contributed by atoms with van der Waals surface area (Å²) in [5.74, 6) is 0. The topological polar surface area (TPSA) is 46.8 Å². The molecule has 3 aromatic rings. The average molecular weight is 343 g/mol. The van der Waals surface area contributed by atoms with Gasteiger partial charge in [0.25, 0.3) is 0 Å². The highest BCUT2D eigenvalue weighted by molar-refractivity contribution is 6.32. The number of fused-ring (bicyclic) bond motifs is 1. The zero-order valence-corrected chi connectivity index (χ0v) is 14.5. The van der Waals surface area contributed by atoms with E-state index in [4.69, 9.17) is 16.0 Å². The molecular formula is C20H21ClNO2+. The molecular weight excluding hydrogens is 322 g/mol. The van der Waals surface area contributed by atoms with Crippen LogP contribution in [0.5, 0.6) is 0 Å². The van der Waals surface area contributed by atoms with E-state index in [1.165, 1.54) is 5.56 Å². The van der Waals surface area contributed by atoms with E-state index < -0.39 is 0 Å². The molecule has 24 heavy (non-hydrogen) atoms. The Morgan fingerprint density at radius 1 is 1.12 bits per heavy atom. The highest BCUT2D eigenvalue weighted by Crippen LogP contribution is 2.24. The van der Waals surface area contributed by atoms with Crippen LogP contribution in [0.2, 0.25) is 5.02 Å². The third-order valence-corrected chi connectivity index (χ3v) is 4.60. The molecule has 3 rings (SSSR count). The molecule has 1 heterocycles. The predicted octanol–water partition coefficient (Wildman–Crippen LogP) is 3.45. The van der Waals surface area contributed by atoms with Crippen LogP contribution >= 0.6 is 11.6 Å². The molecule has 0 saturated heterocycles. The van der Waals surface area contributed by atoms with Gasteiger partial charge >= 0.3 is 5.63 Å². The van der Waals surface area contributed by atoms with E-state index in [9.17, 15) is 4.79 Å². The van der Waals surface area contributed by atoms with Crippen molar-refractivity contribution in [2.24, 2.45) is 0 Å². The van der Waals surface area contributed by atoms with Gasteiger partial charge in [-0.1, -0.05) is 41.9 Å². The lowest BCUT2D eigenvalue weighted by atomic mass is 10.1. The monoisotopic (exact) mass is 342 g/mol. The van der Waals surface area contributed by atoms with E-state index in [0.29, 0.717) is 10.6 Å². The van der Waals surface area contributed by atoms with Crippen molar-refractivity contribution in [3.05, 3.63) is 80.7 Å². The summed E-state index contributed by atoms with van der Waals surface area (Å²) in [6.45, 7) is 3.66. The molecule has 4 heteroatoms. The fraction of sp³-hybridized carbons (Fsp3) is 0.250. The van der Waals surface area contributed by atoms with Crippen LogP contribution in [-0.4, -0.2) is 6.54 Å². The SMILES string of the molecule is Cc1cc2oc(=O)cc(C[NH2+]CCCc3ccccc3)c2cc1Cl. The lowest BCUT2D eigenvalue weighted by molar-refractivity contribution is -0.670. The van der Waals surface area contributed by atoms with Crippen LogP contribution in [0.15, 0.2) is 57.7 Å². The summed E-state index contributed by atoms with van der Waals surface area (Å²) in [7, 11) is 0. The van der Waals surface area contributed by atoms with E-state index >= 15 is 0 Å². The fourth-order valence-corrected chi connectivity index (χ4v) is 3.03. The Morgan fingerprint density at radius 2 is 1.92 bits per heavy atom. The number of benzene rings is 2. The Labute approximate surface area is 146 Å². The second-order valence-corrected chi connectivity index (χ2v) is 6.47. The van der Waals surface area contributed by atoms with Crippen molar-refractivity contribution < 1.29 is 9.73 Å². The quantitative estimate of drug-likeness (QED) is 0.551. The minimum Gasteiger partial charge on any atom is -0.423 e. The first-order valence-electron chi connectivity index (χ1n) is 8.22. The molecule has 0 amide bonds. The van der Waals surface area contributed by atoms with E-state index in [1.54, 1.807) is 6.07 Å². The van der Waals surface area contributed by atoms with Gasteiger partial charge in [-0.25, -0.2) is 4.79 Å². The molecule has 2 N–H and O–H groups in total. The Morgan fingerprint density at radius 3 is 2.71 bits per heavy atom. The van der Waals surface area contributed by atoms with Crippen LogP contribution < -0.4 is 10.9 Å². The number of nitrogens with two attached hydrogens (primary N) is 1. The van der Waals surface area contributed by atoms with E-state index in [-0.39, 0.29) is 5.63 Å². The molecule has 0 aliphatic rings. The van der Waals surface area contributed by atoms with Gasteiger partial charge in [-0.2, -0.15) is 0 Å². The molecule has 3 nitrogen and oxygen atoms in total. The summed E-state index contributed by atoms with van der Waals surface area (Å²) < 4.78 is 5.30. The molecule has 2 aromatic carbocycles. The highest BCUT2D eigenvalue weighted by Gasteiger charge is 2.09. The summed E-state index contributed by atoms with van der Waals surface area (Å²) in [6, 6.07) is 15.8. The second-order valence-electron chi connectivity index (χ2n) is 6.06. The van der Waals surface area contributed by atoms with Crippen molar-refractivity contribution in [1.29, 1.82) is 0 Å². The zero-order chi connectivity index (χ0) is 16.9. The number of aryl methyl sites for hydroxylation is 2. The lowest BCUT2D eigenvalue weighted by Crippen LogP contribution is -2.82. The highest BCUT2D eigenvalue weighted by atomic mass is 35.5. The molecule has 0 radical (unpaired) electrons. The number of halogens is 1. The van der Waals surface area contributed by atoms with Crippen molar-refractivity contribution in [3.8, 4) is 0 Å². The molecule has 0 fully saturated rings. The molecule has 0 unspecified atom stereocenters. The maximum Gasteiger partial charge on any atom is 0.336 e. The number of rotatable bonds is 6. The van der Waals surface area contributed by atoms with Crippen LogP contribution in [0, 0.1) is 6.92 Å². The Hall–Kier alpha value is -2.10. The van der Waals surface area contributed by atoms with Crippen LogP contribution in [0.25, 0.3) is 11.0 Å². The van der Waals surface area contributed by atoms with Crippen molar-refractivity contribution in [2.75, 3.05) is 6.54 Å². The summed E-state index contributed by atoms with van der Waals surface area (Å²) in [4.78, 5) is 11.8. The van der Waals surface area contributed by atoms with Gasteiger partial charge < -0.3 is 9.73 Å². The van der Waals surface area contributed by atoms with E-state index in [0.717, 1.165) is 42.4 Å². The fourth-order valence-electron chi connectivity index (χ4n) is 2.87. The van der Waals surface area contributed by atoms with Gasteiger partial charge in [0, 0.05) is 28.5 Å². The number of hydrogen-bond donors (Lipinski definition) is 1. The van der Waals surface area contributed by atoms with Crippen LogP contribution in [0.4, 0.5) is 0 Å². The van der Waals surface area contributed by atoms with Gasteiger partial charge in [0.1, 0.15) is 12.1 Å². The maximum atomic E-state index is 11.8. The lowest BCUT2D eigenvalue weighted by Gasteiger charge is -2.07. The molecule has 0 bridgehead atoms. The molecule has 0 atom stereocenters. The molecule has 0 spiro atoms. The molecule has 0 aliphatic heterocycles. The van der Waals surface area contributed by atoms with Crippen LogP contribution in [0.1, 0.15) is 23.1 Å². The summed E-state index contributed by atoms with van der Waals surface area (Å²) >= 11 is 6.22. The van der Waals surface area contributed by atoms with Gasteiger partial charge in [0.15, 0.2) is 0 Å². The van der Waals surface area contributed by atoms with Gasteiger partial charge in [0.2, 0.25) is 0 Å². The maximum absolute atomic E-state index is 11.8. The molecule has 124 valence electrons. The Kier molecular flexibility index (Phi) is 5.34. The normalized spacial score (nSPS) is 11.1. The van der Waals surface area contributed by atoms with E-state index in [1.807, 2.05) is 25.1 Å². The Bertz CT molecular complexity index is 887. The molecule has 0 saturated carbocycles. The molecule has 0 aliphatic carbocycles. The minimum atomic E-state index is -0.308. The van der Waals surface area contributed by atoms with Crippen molar-refractivity contribution in [2.45, 2.75) is 26.3 Å². The van der Waals surface area contributed by atoms with Crippen molar-refractivity contribution >= 4 is 22.6 Å².